The van der Waals surface area contributed by atoms with E-state index in [4.69, 9.17) is 14.2 Å². The average molecular weight is 520 g/mol. The van der Waals surface area contributed by atoms with Crippen LogP contribution >= 0.6 is 0 Å². The van der Waals surface area contributed by atoms with Crippen LogP contribution in [0.2, 0.25) is 0 Å². The number of carbonyl (C=O) groups excluding carboxylic acids is 2. The average Bonchev–Trinajstić information content (AvgIpc) is 3.49. The number of nitrogens with zero attached hydrogens (tertiary/aromatic N) is 2. The summed E-state index contributed by atoms with van der Waals surface area (Å²) in [6.45, 7) is 6.38. The summed E-state index contributed by atoms with van der Waals surface area (Å²) in [5, 5.41) is 2.54. The van der Waals surface area contributed by atoms with Crippen LogP contribution in [0.3, 0.4) is 0 Å². The fraction of sp³-hybridized carbons (Fsp3) is 0.577. The summed E-state index contributed by atoms with van der Waals surface area (Å²) < 4.78 is 49.3. The Morgan fingerprint density at radius 1 is 1.24 bits per heavy atom. The van der Waals surface area contributed by atoms with Gasteiger partial charge in [0.25, 0.3) is 0 Å². The van der Waals surface area contributed by atoms with Crippen LogP contribution in [0, 0.1) is 17.6 Å². The van der Waals surface area contributed by atoms with E-state index in [1.165, 1.54) is 6.20 Å². The van der Waals surface area contributed by atoms with Crippen molar-refractivity contribution in [2.24, 2.45) is 5.92 Å². The van der Waals surface area contributed by atoms with Crippen molar-refractivity contribution < 1.29 is 32.6 Å². The Hall–Kier alpha value is -3.21. The first-order chi connectivity index (χ1) is 17.4. The number of rotatable bonds is 5. The molecule has 2 aliphatic heterocycles. The Morgan fingerprint density at radius 3 is 2.62 bits per heavy atom. The van der Waals surface area contributed by atoms with Crippen LogP contribution in [-0.2, 0) is 14.2 Å². The predicted octanol–water partition coefficient (Wildman–Crippen LogP) is 3.52. The number of benzene rings is 1. The highest BCUT2D eigenvalue weighted by Gasteiger charge is 2.52. The highest BCUT2D eigenvalue weighted by atomic mass is 19.1. The summed E-state index contributed by atoms with van der Waals surface area (Å²) in [5.74, 6) is -2.67. The van der Waals surface area contributed by atoms with E-state index in [2.05, 4.69) is 5.32 Å². The Bertz CT molecular complexity index is 1330. The van der Waals surface area contributed by atoms with Gasteiger partial charge in [0.2, 0.25) is 5.43 Å². The molecule has 200 valence electrons. The number of amides is 1. The molecule has 0 bridgehead atoms. The maximum atomic E-state index is 16.1. The summed E-state index contributed by atoms with van der Waals surface area (Å²) in [4.78, 5) is 39.0. The Labute approximate surface area is 212 Å². The normalized spacial score (nSPS) is 23.3. The SMILES string of the molecule is COC(=O)c1cn(C2CC2)c2c(F)c(N3CC4CCOC4(CNC(=O)OC(C)(C)C)C3)c(F)cc2c1=O. The number of ether oxygens (including phenoxy) is 3. The lowest BCUT2D eigenvalue weighted by molar-refractivity contribution is -0.000290. The number of methoxy groups -OCH3 is 1. The first kappa shape index (κ1) is 25.4. The fourth-order valence-corrected chi connectivity index (χ4v) is 5.45. The highest BCUT2D eigenvalue weighted by molar-refractivity contribution is 5.95. The molecule has 1 aromatic heterocycles. The van der Waals surface area contributed by atoms with E-state index in [9.17, 15) is 14.4 Å². The van der Waals surface area contributed by atoms with Crippen molar-refractivity contribution in [3.63, 3.8) is 0 Å². The van der Waals surface area contributed by atoms with E-state index in [1.807, 2.05) is 0 Å². The molecule has 3 heterocycles. The third-order valence-corrected chi connectivity index (χ3v) is 7.28. The maximum Gasteiger partial charge on any atom is 0.407 e. The second-order valence-corrected chi connectivity index (χ2v) is 11.1. The largest absolute Gasteiger partial charge is 0.465 e. The quantitative estimate of drug-likeness (QED) is 0.604. The van der Waals surface area contributed by atoms with Crippen molar-refractivity contribution in [2.45, 2.75) is 57.3 Å². The van der Waals surface area contributed by atoms with Crippen LogP contribution in [0.5, 0.6) is 0 Å². The summed E-state index contributed by atoms with van der Waals surface area (Å²) in [6.07, 6.45) is 2.91. The van der Waals surface area contributed by atoms with E-state index < -0.39 is 40.3 Å². The molecule has 1 aliphatic carbocycles. The number of esters is 1. The number of alkyl carbamates (subject to hydrolysis) is 1. The number of anilines is 1. The van der Waals surface area contributed by atoms with E-state index in [0.29, 0.717) is 19.6 Å². The molecule has 1 amide bonds. The van der Waals surface area contributed by atoms with Crippen molar-refractivity contribution in [2.75, 3.05) is 38.3 Å². The van der Waals surface area contributed by atoms with Gasteiger partial charge in [0.1, 0.15) is 28.3 Å². The molecule has 37 heavy (non-hydrogen) atoms. The van der Waals surface area contributed by atoms with Crippen LogP contribution in [0.4, 0.5) is 19.3 Å². The van der Waals surface area contributed by atoms with Gasteiger partial charge >= 0.3 is 12.1 Å². The molecule has 1 N–H and O–H groups in total. The summed E-state index contributed by atoms with van der Waals surface area (Å²) in [6, 6.07) is 0.909. The van der Waals surface area contributed by atoms with E-state index in [0.717, 1.165) is 26.0 Å². The number of fused-ring (bicyclic) bond motifs is 2. The smallest absolute Gasteiger partial charge is 0.407 e. The zero-order valence-electron chi connectivity index (χ0n) is 21.4. The number of halogens is 2. The van der Waals surface area contributed by atoms with Gasteiger partial charge in [-0.15, -0.1) is 0 Å². The van der Waals surface area contributed by atoms with Crippen molar-refractivity contribution in [3.05, 3.63) is 39.7 Å². The lowest BCUT2D eigenvalue weighted by atomic mass is 9.91. The van der Waals surface area contributed by atoms with Crippen LogP contribution in [-0.4, -0.2) is 61.2 Å². The molecular weight excluding hydrogens is 488 g/mol. The van der Waals surface area contributed by atoms with Gasteiger partial charge in [0.05, 0.1) is 24.6 Å². The van der Waals surface area contributed by atoms with Crippen molar-refractivity contribution in [1.29, 1.82) is 0 Å². The first-order valence-electron chi connectivity index (χ1n) is 12.4. The molecule has 3 aliphatic rings. The maximum absolute atomic E-state index is 16.1. The lowest BCUT2D eigenvalue weighted by Crippen LogP contribution is -2.49. The van der Waals surface area contributed by atoms with Crippen LogP contribution in [0.1, 0.15) is 56.4 Å². The molecule has 2 atom stereocenters. The molecule has 1 saturated carbocycles. The van der Waals surface area contributed by atoms with Gasteiger partial charge in [-0.3, -0.25) is 4.79 Å². The molecule has 0 spiro atoms. The molecule has 11 heteroatoms. The van der Waals surface area contributed by atoms with Crippen molar-refractivity contribution in [1.82, 2.24) is 9.88 Å². The molecule has 5 rings (SSSR count). The van der Waals surface area contributed by atoms with Gasteiger partial charge in [-0.25, -0.2) is 18.4 Å². The van der Waals surface area contributed by atoms with Gasteiger partial charge in [-0.2, -0.15) is 0 Å². The minimum absolute atomic E-state index is 0.0320. The number of hydrogen-bond donors (Lipinski definition) is 1. The minimum Gasteiger partial charge on any atom is -0.465 e. The standard InChI is InChI=1S/C26H31F2N3O6/c1-25(2,3)37-24(34)29-12-26-13-30(10-14(26)7-8-36-26)21-18(27)9-16-20(19(21)28)31(15-5-6-15)11-17(22(16)32)23(33)35-4/h9,11,14-15H,5-8,10,12-13H2,1-4H3,(H,29,34). The number of pyridine rings is 1. The second-order valence-electron chi connectivity index (χ2n) is 11.1. The number of aromatic nitrogens is 1. The van der Waals surface area contributed by atoms with Crippen molar-refractivity contribution >= 4 is 28.7 Å². The Balaban J connectivity index is 1.51. The van der Waals surface area contributed by atoms with Gasteiger partial charge in [0, 0.05) is 37.9 Å². The molecule has 0 radical (unpaired) electrons. The fourth-order valence-electron chi connectivity index (χ4n) is 5.45. The monoisotopic (exact) mass is 519 g/mol. The summed E-state index contributed by atoms with van der Waals surface area (Å²) in [5.41, 5.74) is -2.80. The molecule has 1 aromatic carbocycles. The van der Waals surface area contributed by atoms with E-state index >= 15 is 8.78 Å². The van der Waals surface area contributed by atoms with Gasteiger partial charge in [-0.05, 0) is 46.1 Å². The van der Waals surface area contributed by atoms with E-state index in [-0.39, 0.29) is 47.2 Å². The van der Waals surface area contributed by atoms with Gasteiger partial charge in [0.15, 0.2) is 5.82 Å². The molecule has 9 nitrogen and oxygen atoms in total. The number of hydrogen-bond acceptors (Lipinski definition) is 7. The Morgan fingerprint density at radius 2 is 1.97 bits per heavy atom. The summed E-state index contributed by atoms with van der Waals surface area (Å²) >= 11 is 0. The third kappa shape index (κ3) is 4.54. The minimum atomic E-state index is -0.901. The number of carbonyl (C=O) groups is 2. The van der Waals surface area contributed by atoms with Crippen LogP contribution in [0.25, 0.3) is 10.9 Å². The first-order valence-corrected chi connectivity index (χ1v) is 12.4. The molecule has 2 saturated heterocycles. The number of nitrogens with one attached hydrogen (secondary N) is 1. The highest BCUT2D eigenvalue weighted by Crippen LogP contribution is 2.44. The Kier molecular flexibility index (Phi) is 6.17. The zero-order valence-corrected chi connectivity index (χ0v) is 21.4. The van der Waals surface area contributed by atoms with Gasteiger partial charge < -0.3 is 29.0 Å². The molecule has 2 unspecified atom stereocenters. The van der Waals surface area contributed by atoms with Crippen LogP contribution in [0.15, 0.2) is 17.1 Å². The topological polar surface area (TPSA) is 99.1 Å². The third-order valence-electron chi connectivity index (χ3n) is 7.28. The van der Waals surface area contributed by atoms with Crippen molar-refractivity contribution in [3.8, 4) is 0 Å². The summed E-state index contributed by atoms with van der Waals surface area (Å²) in [7, 11) is 1.15. The predicted molar refractivity (Wildman–Crippen MR) is 131 cm³/mol. The van der Waals surface area contributed by atoms with Gasteiger partial charge in [-0.1, -0.05) is 0 Å². The second kappa shape index (κ2) is 8.97. The molecular formula is C26H31F2N3O6. The lowest BCUT2D eigenvalue weighted by Gasteiger charge is -2.30. The van der Waals surface area contributed by atoms with E-state index in [1.54, 1.807) is 30.2 Å². The zero-order chi connectivity index (χ0) is 26.7. The molecule has 2 aromatic rings. The molecule has 3 fully saturated rings. The van der Waals surface area contributed by atoms with Crippen LogP contribution < -0.4 is 15.6 Å².